The van der Waals surface area contributed by atoms with Gasteiger partial charge in [-0.1, -0.05) is 56.1 Å². The van der Waals surface area contributed by atoms with Crippen LogP contribution in [0.15, 0.2) is 46.9 Å². The highest BCUT2D eigenvalue weighted by molar-refractivity contribution is 9.11. The van der Waals surface area contributed by atoms with E-state index < -0.39 is 11.7 Å². The van der Waals surface area contributed by atoms with Crippen molar-refractivity contribution in [3.63, 3.8) is 0 Å². The zero-order valence-electron chi connectivity index (χ0n) is 11.2. The van der Waals surface area contributed by atoms with Crippen LogP contribution >= 0.6 is 31.9 Å². The van der Waals surface area contributed by atoms with Gasteiger partial charge in [0.25, 0.3) is 0 Å². The minimum absolute atomic E-state index is 0.185. The summed E-state index contributed by atoms with van der Waals surface area (Å²) in [5.74, 6) is 0. The van der Waals surface area contributed by atoms with Gasteiger partial charge >= 0.3 is 6.18 Å². The first-order chi connectivity index (χ1) is 9.79. The number of halogens is 5. The highest BCUT2D eigenvalue weighted by atomic mass is 79.9. The van der Waals surface area contributed by atoms with Crippen molar-refractivity contribution in [2.45, 2.75) is 24.3 Å². The topological polar surface area (TPSA) is 0 Å². The van der Waals surface area contributed by atoms with E-state index in [-0.39, 0.29) is 4.83 Å². The zero-order valence-corrected chi connectivity index (χ0v) is 14.4. The molecule has 2 aromatic carbocycles. The van der Waals surface area contributed by atoms with Crippen molar-refractivity contribution in [3.8, 4) is 0 Å². The average Bonchev–Trinajstić information content (AvgIpc) is 2.40. The number of benzene rings is 2. The molecular formula is C16H13Br2F3. The summed E-state index contributed by atoms with van der Waals surface area (Å²) in [5, 5.41) is 0. The van der Waals surface area contributed by atoms with Crippen molar-refractivity contribution in [2.24, 2.45) is 0 Å². The highest BCUT2D eigenvalue weighted by Gasteiger charge is 2.31. The molecule has 0 N–H and O–H groups in total. The van der Waals surface area contributed by atoms with E-state index in [9.17, 15) is 13.2 Å². The molecule has 5 heteroatoms. The number of hydrogen-bond donors (Lipinski definition) is 0. The summed E-state index contributed by atoms with van der Waals surface area (Å²) >= 11 is 6.84. The van der Waals surface area contributed by atoms with Crippen LogP contribution in [-0.4, -0.2) is 0 Å². The van der Waals surface area contributed by atoms with E-state index in [1.165, 1.54) is 12.1 Å². The second-order valence-corrected chi connectivity index (χ2v) is 6.79. The Morgan fingerprint density at radius 1 is 1.10 bits per heavy atom. The normalized spacial score (nSPS) is 13.2. The van der Waals surface area contributed by atoms with Crippen molar-refractivity contribution in [3.05, 3.63) is 69.2 Å². The molecule has 0 spiro atoms. The second-order valence-electron chi connectivity index (χ2n) is 4.83. The van der Waals surface area contributed by atoms with E-state index in [1.54, 1.807) is 0 Å². The maximum Gasteiger partial charge on any atom is 0.416 e. The second kappa shape index (κ2) is 6.53. The molecular weight excluding hydrogens is 409 g/mol. The van der Waals surface area contributed by atoms with Gasteiger partial charge in [0.2, 0.25) is 0 Å². The molecule has 0 aliphatic rings. The number of alkyl halides is 4. The van der Waals surface area contributed by atoms with Gasteiger partial charge in [-0.25, -0.2) is 0 Å². The Hall–Kier alpha value is -0.810. The molecule has 2 rings (SSSR count). The minimum Gasteiger partial charge on any atom is -0.166 e. The number of aryl methyl sites for hydroxylation is 1. The van der Waals surface area contributed by atoms with E-state index >= 15 is 0 Å². The van der Waals surface area contributed by atoms with E-state index in [0.29, 0.717) is 16.5 Å². The van der Waals surface area contributed by atoms with E-state index in [4.69, 9.17) is 0 Å². The van der Waals surface area contributed by atoms with Crippen LogP contribution in [0.5, 0.6) is 0 Å². The fourth-order valence-corrected chi connectivity index (χ4v) is 3.66. The van der Waals surface area contributed by atoms with Gasteiger partial charge in [0.15, 0.2) is 0 Å². The standard InChI is InChI=1S/C16H13Br2F3/c1-10-4-2-3-5-11(10)8-15(18)13-9-12(16(19,20)21)6-7-14(13)17/h2-7,9,15H,8H2,1H3. The molecule has 0 nitrogen and oxygen atoms in total. The number of rotatable bonds is 3. The largest absolute Gasteiger partial charge is 0.416 e. The first-order valence-corrected chi connectivity index (χ1v) is 8.05. The highest BCUT2D eigenvalue weighted by Crippen LogP contribution is 2.37. The summed E-state index contributed by atoms with van der Waals surface area (Å²) in [4.78, 5) is -0.185. The van der Waals surface area contributed by atoms with Gasteiger partial charge in [0, 0.05) is 9.30 Å². The maximum atomic E-state index is 12.8. The Morgan fingerprint density at radius 3 is 2.38 bits per heavy atom. The molecule has 0 aromatic heterocycles. The summed E-state index contributed by atoms with van der Waals surface area (Å²) < 4.78 is 39.1. The Bertz CT molecular complexity index is 636. The molecule has 2 aromatic rings. The predicted octanol–water partition coefficient (Wildman–Crippen LogP) is 6.46. The molecule has 0 amide bonds. The van der Waals surface area contributed by atoms with Crippen LogP contribution in [0.1, 0.15) is 27.1 Å². The first-order valence-electron chi connectivity index (χ1n) is 6.34. The van der Waals surface area contributed by atoms with Gasteiger partial charge in [-0.15, -0.1) is 0 Å². The molecule has 0 fully saturated rings. The molecule has 0 saturated heterocycles. The monoisotopic (exact) mass is 420 g/mol. The van der Waals surface area contributed by atoms with Gasteiger partial charge in [-0.3, -0.25) is 0 Å². The summed E-state index contributed by atoms with van der Waals surface area (Å²) in [6.45, 7) is 2.00. The third-order valence-electron chi connectivity index (χ3n) is 3.32. The fourth-order valence-electron chi connectivity index (χ4n) is 2.10. The molecule has 21 heavy (non-hydrogen) atoms. The Kier molecular flexibility index (Phi) is 5.15. The summed E-state index contributed by atoms with van der Waals surface area (Å²) in [6, 6.07) is 11.6. The van der Waals surface area contributed by atoms with Crippen molar-refractivity contribution in [1.29, 1.82) is 0 Å². The van der Waals surface area contributed by atoms with Crippen molar-refractivity contribution in [2.75, 3.05) is 0 Å². The molecule has 112 valence electrons. The predicted molar refractivity (Wildman–Crippen MR) is 85.7 cm³/mol. The Balaban J connectivity index is 2.31. The van der Waals surface area contributed by atoms with Gasteiger partial charge in [0.05, 0.1) is 5.56 Å². The Labute approximate surface area is 138 Å². The van der Waals surface area contributed by atoms with Gasteiger partial charge in [0.1, 0.15) is 0 Å². The lowest BCUT2D eigenvalue weighted by atomic mass is 9.99. The smallest absolute Gasteiger partial charge is 0.166 e. The van der Waals surface area contributed by atoms with Crippen LogP contribution in [0.25, 0.3) is 0 Å². The summed E-state index contributed by atoms with van der Waals surface area (Å²) in [5.41, 5.74) is 2.22. The molecule has 0 saturated carbocycles. The Morgan fingerprint density at radius 2 is 1.76 bits per heavy atom. The minimum atomic E-state index is -4.33. The molecule has 0 bridgehead atoms. The van der Waals surface area contributed by atoms with Crippen molar-refractivity contribution >= 4 is 31.9 Å². The molecule has 1 unspecified atom stereocenters. The number of hydrogen-bond acceptors (Lipinski definition) is 0. The zero-order chi connectivity index (χ0) is 15.6. The first kappa shape index (κ1) is 16.6. The lowest BCUT2D eigenvalue weighted by Crippen LogP contribution is -2.07. The summed E-state index contributed by atoms with van der Waals surface area (Å²) in [6.07, 6.45) is -3.70. The van der Waals surface area contributed by atoms with Crippen molar-refractivity contribution < 1.29 is 13.2 Å². The van der Waals surface area contributed by atoms with Crippen LogP contribution < -0.4 is 0 Å². The van der Waals surface area contributed by atoms with Crippen LogP contribution in [0.3, 0.4) is 0 Å². The molecule has 0 aliphatic heterocycles. The maximum absolute atomic E-state index is 12.8. The van der Waals surface area contributed by atoms with Crippen LogP contribution in [-0.2, 0) is 12.6 Å². The molecule has 0 heterocycles. The third kappa shape index (κ3) is 4.10. The third-order valence-corrected chi connectivity index (χ3v) is 4.86. The van der Waals surface area contributed by atoms with Gasteiger partial charge in [-0.05, 0) is 48.2 Å². The van der Waals surface area contributed by atoms with E-state index in [0.717, 1.165) is 17.2 Å². The van der Waals surface area contributed by atoms with E-state index in [1.807, 2.05) is 31.2 Å². The van der Waals surface area contributed by atoms with E-state index in [2.05, 4.69) is 31.9 Å². The average molecular weight is 422 g/mol. The molecule has 0 radical (unpaired) electrons. The van der Waals surface area contributed by atoms with Crippen molar-refractivity contribution in [1.82, 2.24) is 0 Å². The van der Waals surface area contributed by atoms with Crippen LogP contribution in [0.4, 0.5) is 13.2 Å². The SMILES string of the molecule is Cc1ccccc1CC(Br)c1cc(C(F)(F)F)ccc1Br. The quantitative estimate of drug-likeness (QED) is 0.499. The fraction of sp³-hybridized carbons (Fsp3) is 0.250. The lowest BCUT2D eigenvalue weighted by Gasteiger charge is -2.16. The molecule has 1 atom stereocenters. The van der Waals surface area contributed by atoms with Gasteiger partial charge < -0.3 is 0 Å². The van der Waals surface area contributed by atoms with Crippen LogP contribution in [0.2, 0.25) is 0 Å². The van der Waals surface area contributed by atoms with Gasteiger partial charge in [-0.2, -0.15) is 13.2 Å². The molecule has 0 aliphatic carbocycles. The summed E-state index contributed by atoms with van der Waals surface area (Å²) in [7, 11) is 0. The van der Waals surface area contributed by atoms with Crippen LogP contribution in [0, 0.1) is 6.92 Å². The lowest BCUT2D eigenvalue weighted by molar-refractivity contribution is -0.137.